The van der Waals surface area contributed by atoms with Gasteiger partial charge in [-0.15, -0.1) is 11.8 Å². The van der Waals surface area contributed by atoms with Gasteiger partial charge in [-0.3, -0.25) is 0 Å². The van der Waals surface area contributed by atoms with Crippen LogP contribution in [0.5, 0.6) is 5.75 Å². The summed E-state index contributed by atoms with van der Waals surface area (Å²) in [4.78, 5) is 5.15. The van der Waals surface area contributed by atoms with Crippen LogP contribution in [0, 0.1) is 0 Å². The molecular weight excluding hydrogens is 208 g/mol. The number of phenols is 1. The van der Waals surface area contributed by atoms with Crippen molar-refractivity contribution in [2.24, 2.45) is 0 Å². The molecular formula is C11H12N2OS. The van der Waals surface area contributed by atoms with Crippen molar-refractivity contribution in [3.05, 3.63) is 43.0 Å². The second-order valence-corrected chi connectivity index (χ2v) is 4.31. The Labute approximate surface area is 92.8 Å². The molecule has 0 aliphatic rings. The first-order valence-corrected chi connectivity index (χ1v) is 5.71. The monoisotopic (exact) mass is 220 g/mol. The summed E-state index contributed by atoms with van der Waals surface area (Å²) >= 11 is 1.77. The Hall–Kier alpha value is -1.42. The lowest BCUT2D eigenvalue weighted by Gasteiger charge is -2.02. The van der Waals surface area contributed by atoms with Gasteiger partial charge in [0.1, 0.15) is 5.75 Å². The molecule has 0 spiro atoms. The lowest BCUT2D eigenvalue weighted by Crippen LogP contribution is -1.96. The smallest absolute Gasteiger partial charge is 0.115 e. The molecule has 4 heteroatoms. The predicted molar refractivity (Wildman–Crippen MR) is 61.1 cm³/mol. The minimum atomic E-state index is 0.314. The Morgan fingerprint density at radius 3 is 2.73 bits per heavy atom. The lowest BCUT2D eigenvalue weighted by atomic mass is 10.3. The van der Waals surface area contributed by atoms with E-state index in [1.54, 1.807) is 30.1 Å². The number of nitrogens with zero attached hydrogens (tertiary/aromatic N) is 2. The molecule has 3 nitrogen and oxygen atoms in total. The highest BCUT2D eigenvalue weighted by Gasteiger charge is 1.95. The highest BCUT2D eigenvalue weighted by Crippen LogP contribution is 2.20. The van der Waals surface area contributed by atoms with E-state index in [0.717, 1.165) is 12.3 Å². The van der Waals surface area contributed by atoms with Gasteiger partial charge in [0.15, 0.2) is 0 Å². The molecule has 2 rings (SSSR count). The van der Waals surface area contributed by atoms with Crippen molar-refractivity contribution in [1.82, 2.24) is 9.55 Å². The zero-order chi connectivity index (χ0) is 10.5. The van der Waals surface area contributed by atoms with Gasteiger partial charge in [-0.2, -0.15) is 0 Å². The Kier molecular flexibility index (Phi) is 3.29. The van der Waals surface area contributed by atoms with Crippen LogP contribution in [-0.2, 0) is 6.54 Å². The molecule has 0 unspecified atom stereocenters. The Morgan fingerprint density at radius 2 is 2.07 bits per heavy atom. The van der Waals surface area contributed by atoms with Gasteiger partial charge >= 0.3 is 0 Å². The SMILES string of the molecule is Oc1ccc(SCCn2ccnc2)cc1. The minimum Gasteiger partial charge on any atom is -0.508 e. The van der Waals surface area contributed by atoms with E-state index in [1.165, 1.54) is 4.90 Å². The van der Waals surface area contributed by atoms with Crippen LogP contribution in [0.15, 0.2) is 47.9 Å². The van der Waals surface area contributed by atoms with Gasteiger partial charge in [-0.25, -0.2) is 4.98 Å². The largest absolute Gasteiger partial charge is 0.508 e. The molecule has 0 saturated heterocycles. The van der Waals surface area contributed by atoms with Crippen LogP contribution in [0.25, 0.3) is 0 Å². The lowest BCUT2D eigenvalue weighted by molar-refractivity contribution is 0.475. The van der Waals surface area contributed by atoms with E-state index < -0.39 is 0 Å². The maximum absolute atomic E-state index is 9.11. The van der Waals surface area contributed by atoms with E-state index in [0.29, 0.717) is 5.75 Å². The van der Waals surface area contributed by atoms with Crippen molar-refractivity contribution in [2.45, 2.75) is 11.4 Å². The summed E-state index contributed by atoms with van der Waals surface area (Å²) < 4.78 is 2.05. The average Bonchev–Trinajstić information content (AvgIpc) is 2.74. The van der Waals surface area contributed by atoms with E-state index in [4.69, 9.17) is 5.11 Å². The Bertz CT molecular complexity index is 397. The first-order valence-electron chi connectivity index (χ1n) is 4.72. The summed E-state index contributed by atoms with van der Waals surface area (Å²) in [5.41, 5.74) is 0. The average molecular weight is 220 g/mol. The van der Waals surface area contributed by atoms with Crippen LogP contribution < -0.4 is 0 Å². The van der Waals surface area contributed by atoms with Crippen LogP contribution in [-0.4, -0.2) is 20.4 Å². The molecule has 1 heterocycles. The summed E-state index contributed by atoms with van der Waals surface area (Å²) in [6.07, 6.45) is 5.56. The molecule has 2 aromatic rings. The van der Waals surface area contributed by atoms with E-state index in [-0.39, 0.29) is 0 Å². The van der Waals surface area contributed by atoms with Crippen LogP contribution in [0.2, 0.25) is 0 Å². The van der Waals surface area contributed by atoms with Crippen molar-refractivity contribution in [2.75, 3.05) is 5.75 Å². The Balaban J connectivity index is 1.81. The number of aromatic hydroxyl groups is 1. The van der Waals surface area contributed by atoms with Gasteiger partial charge in [-0.1, -0.05) is 0 Å². The standard InChI is InChI=1S/C11H12N2OS/c14-10-1-3-11(4-2-10)15-8-7-13-6-5-12-9-13/h1-6,9,14H,7-8H2. The first-order chi connectivity index (χ1) is 7.34. The second-order valence-electron chi connectivity index (χ2n) is 3.14. The molecule has 1 N–H and O–H groups in total. The number of rotatable bonds is 4. The highest BCUT2D eigenvalue weighted by molar-refractivity contribution is 7.99. The fourth-order valence-electron chi connectivity index (χ4n) is 1.23. The molecule has 0 radical (unpaired) electrons. The third-order valence-corrected chi connectivity index (χ3v) is 3.01. The zero-order valence-corrected chi connectivity index (χ0v) is 9.02. The van der Waals surface area contributed by atoms with Gasteiger partial charge in [0.2, 0.25) is 0 Å². The number of benzene rings is 1. The molecule has 0 atom stereocenters. The summed E-state index contributed by atoms with van der Waals surface area (Å²) in [6.45, 7) is 0.950. The van der Waals surface area contributed by atoms with Crippen molar-refractivity contribution >= 4 is 11.8 Å². The van der Waals surface area contributed by atoms with Crippen molar-refractivity contribution in [1.29, 1.82) is 0 Å². The van der Waals surface area contributed by atoms with E-state index in [9.17, 15) is 0 Å². The topological polar surface area (TPSA) is 38.0 Å². The first kappa shape index (κ1) is 10.1. The molecule has 15 heavy (non-hydrogen) atoms. The molecule has 0 amide bonds. The maximum Gasteiger partial charge on any atom is 0.115 e. The van der Waals surface area contributed by atoms with Crippen LogP contribution in [0.1, 0.15) is 0 Å². The van der Waals surface area contributed by atoms with Gasteiger partial charge in [0.05, 0.1) is 6.33 Å². The summed E-state index contributed by atoms with van der Waals surface area (Å²) in [6, 6.07) is 7.26. The van der Waals surface area contributed by atoms with E-state index in [2.05, 4.69) is 4.98 Å². The number of imidazole rings is 1. The minimum absolute atomic E-state index is 0.314. The highest BCUT2D eigenvalue weighted by atomic mass is 32.2. The van der Waals surface area contributed by atoms with Crippen molar-refractivity contribution in [3.8, 4) is 5.75 Å². The molecule has 0 fully saturated rings. The van der Waals surface area contributed by atoms with Crippen molar-refractivity contribution < 1.29 is 5.11 Å². The zero-order valence-electron chi connectivity index (χ0n) is 8.21. The van der Waals surface area contributed by atoms with E-state index in [1.807, 2.05) is 29.2 Å². The van der Waals surface area contributed by atoms with Crippen LogP contribution in [0.3, 0.4) is 0 Å². The third-order valence-electron chi connectivity index (χ3n) is 2.01. The molecule has 0 bridgehead atoms. The Morgan fingerprint density at radius 1 is 1.27 bits per heavy atom. The molecule has 0 aliphatic heterocycles. The summed E-state index contributed by atoms with van der Waals surface area (Å²) in [5, 5.41) is 9.11. The summed E-state index contributed by atoms with van der Waals surface area (Å²) in [7, 11) is 0. The van der Waals surface area contributed by atoms with Crippen molar-refractivity contribution in [3.63, 3.8) is 0 Å². The number of thioether (sulfide) groups is 1. The van der Waals surface area contributed by atoms with Gasteiger partial charge in [-0.05, 0) is 24.3 Å². The second kappa shape index (κ2) is 4.89. The van der Waals surface area contributed by atoms with E-state index >= 15 is 0 Å². The quantitative estimate of drug-likeness (QED) is 0.804. The molecule has 1 aromatic heterocycles. The molecule has 1 aromatic carbocycles. The van der Waals surface area contributed by atoms with Gasteiger partial charge in [0, 0.05) is 29.6 Å². The number of hydrogen-bond donors (Lipinski definition) is 1. The third kappa shape index (κ3) is 3.02. The normalized spacial score (nSPS) is 10.4. The van der Waals surface area contributed by atoms with Crippen LogP contribution >= 0.6 is 11.8 Å². The number of aryl methyl sites for hydroxylation is 1. The molecule has 0 aliphatic carbocycles. The number of aromatic nitrogens is 2. The number of phenolic OH excluding ortho intramolecular Hbond substituents is 1. The fourth-order valence-corrected chi connectivity index (χ4v) is 2.10. The molecule has 78 valence electrons. The number of hydrogen-bond acceptors (Lipinski definition) is 3. The van der Waals surface area contributed by atoms with Crippen LogP contribution in [0.4, 0.5) is 0 Å². The fraction of sp³-hybridized carbons (Fsp3) is 0.182. The molecule has 0 saturated carbocycles. The predicted octanol–water partition coefficient (Wildman–Crippen LogP) is 2.38. The maximum atomic E-state index is 9.11. The van der Waals surface area contributed by atoms with Gasteiger partial charge < -0.3 is 9.67 Å². The summed E-state index contributed by atoms with van der Waals surface area (Å²) in [5.74, 6) is 1.31. The van der Waals surface area contributed by atoms with Gasteiger partial charge in [0.25, 0.3) is 0 Å².